The van der Waals surface area contributed by atoms with Crippen LogP contribution in [0.4, 0.5) is 0 Å². The van der Waals surface area contributed by atoms with Gasteiger partial charge in [-0.1, -0.05) is 17.9 Å². The lowest BCUT2D eigenvalue weighted by Crippen LogP contribution is -2.02. The Morgan fingerprint density at radius 2 is 2.12 bits per heavy atom. The number of ether oxygens (including phenoxy) is 1. The number of aliphatic hydroxyl groups is 1. The van der Waals surface area contributed by atoms with Gasteiger partial charge in [0, 0.05) is 12.0 Å². The summed E-state index contributed by atoms with van der Waals surface area (Å²) in [5, 5.41) is 9.42. The van der Waals surface area contributed by atoms with Crippen molar-refractivity contribution in [1.29, 1.82) is 0 Å². The molecule has 0 fully saturated rings. The lowest BCUT2D eigenvalue weighted by molar-refractivity contribution is 0.184. The molecule has 1 aromatic carbocycles. The van der Waals surface area contributed by atoms with E-state index in [9.17, 15) is 5.11 Å². The predicted molar refractivity (Wildman–Crippen MR) is 65.3 cm³/mol. The first-order chi connectivity index (χ1) is 7.76. The summed E-state index contributed by atoms with van der Waals surface area (Å²) < 4.78 is 5.04. The summed E-state index contributed by atoms with van der Waals surface area (Å²) in [5.41, 5.74) is 0.923. The van der Waals surface area contributed by atoms with E-state index >= 15 is 0 Å². The first kappa shape index (κ1) is 12.4. The van der Waals surface area contributed by atoms with Crippen LogP contribution in [0.25, 0.3) is 0 Å². The Labute approximate surface area is 96.6 Å². The van der Waals surface area contributed by atoms with Crippen molar-refractivity contribution in [3.8, 4) is 17.6 Å². The van der Waals surface area contributed by atoms with Gasteiger partial charge in [-0.25, -0.2) is 0 Å². The van der Waals surface area contributed by atoms with Gasteiger partial charge in [-0.3, -0.25) is 0 Å². The van der Waals surface area contributed by atoms with E-state index < -0.39 is 6.10 Å². The zero-order chi connectivity index (χ0) is 11.8. The van der Waals surface area contributed by atoms with Crippen molar-refractivity contribution in [3.05, 3.63) is 42.5 Å². The number of methoxy groups -OCH3 is 1. The minimum Gasteiger partial charge on any atom is -0.497 e. The largest absolute Gasteiger partial charge is 0.497 e. The van der Waals surface area contributed by atoms with Crippen LogP contribution in [0.3, 0.4) is 0 Å². The third-order valence-electron chi connectivity index (χ3n) is 2.10. The predicted octanol–water partition coefficient (Wildman–Crippen LogP) is 2.37. The van der Waals surface area contributed by atoms with Gasteiger partial charge in [0.15, 0.2) is 0 Å². The summed E-state index contributed by atoms with van der Waals surface area (Å²) in [6.45, 7) is 3.56. The van der Waals surface area contributed by atoms with Crippen LogP contribution in [0.2, 0.25) is 0 Å². The Balaban J connectivity index is 2.52. The molecule has 0 saturated heterocycles. The lowest BCUT2D eigenvalue weighted by atomic mass is 10.1. The number of rotatable bonds is 4. The van der Waals surface area contributed by atoms with Gasteiger partial charge < -0.3 is 9.84 Å². The standard InChI is InChI=1S/C14H16O2/c1-3-5-13(15)7-4-6-12-8-10-14(16-2)11-9-12/h3,8-11,13,15H,1,5,7H2,2H3. The lowest BCUT2D eigenvalue weighted by Gasteiger charge is -2.00. The van der Waals surface area contributed by atoms with E-state index in [-0.39, 0.29) is 0 Å². The average molecular weight is 216 g/mol. The highest BCUT2D eigenvalue weighted by Gasteiger charge is 1.96. The van der Waals surface area contributed by atoms with E-state index in [0.29, 0.717) is 12.8 Å². The Morgan fingerprint density at radius 1 is 1.44 bits per heavy atom. The van der Waals surface area contributed by atoms with Crippen molar-refractivity contribution in [2.45, 2.75) is 18.9 Å². The van der Waals surface area contributed by atoms with E-state index in [0.717, 1.165) is 11.3 Å². The molecule has 1 N–H and O–H groups in total. The molecule has 1 rings (SSSR count). The van der Waals surface area contributed by atoms with Gasteiger partial charge >= 0.3 is 0 Å². The van der Waals surface area contributed by atoms with Crippen LogP contribution in [-0.4, -0.2) is 18.3 Å². The summed E-state index contributed by atoms with van der Waals surface area (Å²) in [6.07, 6.45) is 2.33. The number of hydrogen-bond acceptors (Lipinski definition) is 2. The first-order valence-corrected chi connectivity index (χ1v) is 5.18. The molecule has 0 saturated carbocycles. The zero-order valence-corrected chi connectivity index (χ0v) is 9.44. The van der Waals surface area contributed by atoms with E-state index in [1.54, 1.807) is 13.2 Å². The number of hydrogen-bond donors (Lipinski definition) is 1. The fraction of sp³-hybridized carbons (Fsp3) is 0.286. The molecule has 0 aliphatic carbocycles. The van der Waals surface area contributed by atoms with Crippen LogP contribution in [0.1, 0.15) is 18.4 Å². The van der Waals surface area contributed by atoms with Crippen molar-refractivity contribution in [3.63, 3.8) is 0 Å². The fourth-order valence-electron chi connectivity index (χ4n) is 1.22. The van der Waals surface area contributed by atoms with Gasteiger partial charge in [-0.2, -0.15) is 0 Å². The molecular weight excluding hydrogens is 200 g/mol. The van der Waals surface area contributed by atoms with Gasteiger partial charge in [0.05, 0.1) is 13.2 Å². The first-order valence-electron chi connectivity index (χ1n) is 5.18. The molecule has 0 aliphatic heterocycles. The van der Waals surface area contributed by atoms with Crippen LogP contribution in [-0.2, 0) is 0 Å². The molecule has 0 aromatic heterocycles. The van der Waals surface area contributed by atoms with Crippen LogP contribution >= 0.6 is 0 Å². The molecule has 2 heteroatoms. The second-order valence-corrected chi connectivity index (χ2v) is 3.41. The molecule has 0 heterocycles. The molecule has 0 spiro atoms. The van der Waals surface area contributed by atoms with Crippen molar-refractivity contribution < 1.29 is 9.84 Å². The molecule has 84 valence electrons. The second kappa shape index (κ2) is 6.71. The summed E-state index contributed by atoms with van der Waals surface area (Å²) in [4.78, 5) is 0. The van der Waals surface area contributed by atoms with Crippen LogP contribution in [0, 0.1) is 11.8 Å². The highest BCUT2D eigenvalue weighted by Crippen LogP contribution is 2.10. The summed E-state index contributed by atoms with van der Waals surface area (Å²) in [6, 6.07) is 7.52. The summed E-state index contributed by atoms with van der Waals surface area (Å²) in [7, 11) is 1.63. The minimum absolute atomic E-state index is 0.414. The van der Waals surface area contributed by atoms with Crippen molar-refractivity contribution >= 4 is 0 Å². The zero-order valence-electron chi connectivity index (χ0n) is 9.44. The minimum atomic E-state index is -0.414. The third kappa shape index (κ3) is 4.20. The maximum absolute atomic E-state index is 9.42. The summed E-state index contributed by atoms with van der Waals surface area (Å²) >= 11 is 0. The Kier molecular flexibility index (Phi) is 5.18. The van der Waals surface area contributed by atoms with Crippen molar-refractivity contribution in [2.24, 2.45) is 0 Å². The van der Waals surface area contributed by atoms with Gasteiger partial charge in [0.25, 0.3) is 0 Å². The molecule has 0 bridgehead atoms. The average Bonchev–Trinajstić information content (AvgIpc) is 2.30. The van der Waals surface area contributed by atoms with Crippen molar-refractivity contribution in [2.75, 3.05) is 7.11 Å². The van der Waals surface area contributed by atoms with E-state index in [4.69, 9.17) is 4.74 Å². The Morgan fingerprint density at radius 3 is 2.69 bits per heavy atom. The SMILES string of the molecule is C=CCC(O)CC#Cc1ccc(OC)cc1. The van der Waals surface area contributed by atoms with Crippen LogP contribution in [0.15, 0.2) is 36.9 Å². The molecule has 16 heavy (non-hydrogen) atoms. The van der Waals surface area contributed by atoms with E-state index in [2.05, 4.69) is 18.4 Å². The van der Waals surface area contributed by atoms with E-state index in [1.165, 1.54) is 0 Å². The maximum Gasteiger partial charge on any atom is 0.118 e. The highest BCUT2D eigenvalue weighted by atomic mass is 16.5. The van der Waals surface area contributed by atoms with Gasteiger partial charge in [0.2, 0.25) is 0 Å². The number of benzene rings is 1. The molecule has 2 nitrogen and oxygen atoms in total. The second-order valence-electron chi connectivity index (χ2n) is 3.41. The molecule has 1 atom stereocenters. The molecule has 0 radical (unpaired) electrons. The summed E-state index contributed by atoms with van der Waals surface area (Å²) in [5.74, 6) is 6.74. The Hall–Kier alpha value is -1.72. The third-order valence-corrected chi connectivity index (χ3v) is 2.10. The highest BCUT2D eigenvalue weighted by molar-refractivity contribution is 5.38. The quantitative estimate of drug-likeness (QED) is 0.618. The van der Waals surface area contributed by atoms with Crippen LogP contribution < -0.4 is 4.74 Å². The van der Waals surface area contributed by atoms with Gasteiger partial charge in [0.1, 0.15) is 5.75 Å². The molecular formula is C14H16O2. The smallest absolute Gasteiger partial charge is 0.118 e. The van der Waals surface area contributed by atoms with Crippen molar-refractivity contribution in [1.82, 2.24) is 0 Å². The topological polar surface area (TPSA) is 29.5 Å². The van der Waals surface area contributed by atoms with Gasteiger partial charge in [-0.15, -0.1) is 6.58 Å². The molecule has 0 aliphatic rings. The van der Waals surface area contributed by atoms with Gasteiger partial charge in [-0.05, 0) is 30.7 Å². The molecule has 1 unspecified atom stereocenters. The van der Waals surface area contributed by atoms with E-state index in [1.807, 2.05) is 24.3 Å². The Bertz CT molecular complexity index is 381. The van der Waals surface area contributed by atoms with Crippen LogP contribution in [0.5, 0.6) is 5.75 Å². The molecule has 1 aromatic rings. The fourth-order valence-corrected chi connectivity index (χ4v) is 1.22. The maximum atomic E-state index is 9.42. The number of aliphatic hydroxyl groups excluding tert-OH is 1. The normalized spacial score (nSPS) is 11.1. The monoisotopic (exact) mass is 216 g/mol. The molecule has 0 amide bonds.